The molecule has 0 saturated carbocycles. The topological polar surface area (TPSA) is 79.2 Å². The van der Waals surface area contributed by atoms with Crippen molar-refractivity contribution in [3.05, 3.63) is 46.8 Å². The first-order valence-corrected chi connectivity index (χ1v) is 8.42. The molecule has 1 N–H and O–H groups in total. The summed E-state index contributed by atoms with van der Waals surface area (Å²) >= 11 is 0.951. The van der Waals surface area contributed by atoms with Crippen molar-refractivity contribution in [2.45, 2.75) is 17.2 Å². The van der Waals surface area contributed by atoms with Crippen LogP contribution in [-0.2, 0) is 10.0 Å². The van der Waals surface area contributed by atoms with Crippen LogP contribution >= 0.6 is 11.3 Å². The van der Waals surface area contributed by atoms with Crippen molar-refractivity contribution < 1.29 is 13.2 Å². The van der Waals surface area contributed by atoms with Gasteiger partial charge in [-0.25, -0.2) is 13.1 Å². The van der Waals surface area contributed by atoms with E-state index in [2.05, 4.69) is 4.72 Å². The van der Waals surface area contributed by atoms with E-state index in [-0.39, 0.29) is 10.3 Å². The Bertz CT molecular complexity index is 758. The second-order valence-electron chi connectivity index (χ2n) is 4.35. The molecule has 0 radical (unpaired) electrons. The Balaban J connectivity index is 2.17. The summed E-state index contributed by atoms with van der Waals surface area (Å²) in [6.07, 6.45) is 0. The minimum Gasteiger partial charge on any atom is -0.497 e. The second kappa shape index (κ2) is 6.26. The van der Waals surface area contributed by atoms with Crippen LogP contribution in [-0.4, -0.2) is 15.5 Å². The van der Waals surface area contributed by atoms with Crippen molar-refractivity contribution >= 4 is 21.4 Å². The molecule has 2 rings (SSSR count). The third-order valence-corrected chi connectivity index (χ3v) is 5.93. The normalized spacial score (nSPS) is 12.6. The molecule has 2 aromatic rings. The van der Waals surface area contributed by atoms with Gasteiger partial charge >= 0.3 is 0 Å². The lowest BCUT2D eigenvalue weighted by atomic mass is 10.1. The van der Waals surface area contributed by atoms with Gasteiger partial charge in [0.2, 0.25) is 0 Å². The van der Waals surface area contributed by atoms with Gasteiger partial charge in [0, 0.05) is 6.04 Å². The molecule has 1 unspecified atom stereocenters. The zero-order chi connectivity index (χ0) is 15.5. The van der Waals surface area contributed by atoms with E-state index in [1.807, 2.05) is 6.07 Å². The number of nitrogens with zero attached hydrogens (tertiary/aromatic N) is 1. The number of nitriles is 1. The molecule has 0 amide bonds. The number of benzene rings is 1. The van der Waals surface area contributed by atoms with E-state index in [0.717, 1.165) is 16.9 Å². The molecule has 7 heteroatoms. The number of ether oxygens (including phenoxy) is 1. The summed E-state index contributed by atoms with van der Waals surface area (Å²) in [6.45, 7) is 1.76. The molecule has 1 aromatic heterocycles. The highest BCUT2D eigenvalue weighted by molar-refractivity contribution is 7.91. The van der Waals surface area contributed by atoms with E-state index in [1.165, 1.54) is 12.1 Å². The van der Waals surface area contributed by atoms with E-state index in [1.54, 1.807) is 38.3 Å². The van der Waals surface area contributed by atoms with Crippen molar-refractivity contribution in [1.29, 1.82) is 5.26 Å². The lowest BCUT2D eigenvalue weighted by Crippen LogP contribution is -2.26. The fraction of sp³-hybridized carbons (Fsp3) is 0.214. The van der Waals surface area contributed by atoms with Crippen LogP contribution in [0, 0.1) is 11.3 Å². The van der Waals surface area contributed by atoms with Gasteiger partial charge in [-0.3, -0.25) is 0 Å². The molecule has 0 aliphatic carbocycles. The number of hydrogen-bond acceptors (Lipinski definition) is 5. The van der Waals surface area contributed by atoms with Crippen LogP contribution in [0.2, 0.25) is 0 Å². The Hall–Kier alpha value is -1.88. The summed E-state index contributed by atoms with van der Waals surface area (Å²) in [6, 6.07) is 11.6. The molecule has 0 saturated heterocycles. The number of thiophene rings is 1. The molecule has 110 valence electrons. The summed E-state index contributed by atoms with van der Waals surface area (Å²) in [4.78, 5) is 0.368. The number of sulfonamides is 1. The Kier molecular flexibility index (Phi) is 4.63. The van der Waals surface area contributed by atoms with Crippen LogP contribution < -0.4 is 9.46 Å². The summed E-state index contributed by atoms with van der Waals surface area (Å²) in [5, 5.41) is 8.76. The second-order valence-corrected chi connectivity index (χ2v) is 7.37. The molecule has 0 spiro atoms. The molecular formula is C14H14N2O3S2. The predicted molar refractivity (Wildman–Crippen MR) is 80.8 cm³/mol. The van der Waals surface area contributed by atoms with E-state index >= 15 is 0 Å². The summed E-state index contributed by atoms with van der Waals surface area (Å²) in [5.41, 5.74) is 0.830. The van der Waals surface area contributed by atoms with Crippen LogP contribution in [0.3, 0.4) is 0 Å². The number of nitrogens with one attached hydrogen (secondary N) is 1. The first-order chi connectivity index (χ1) is 9.96. The molecule has 0 aliphatic rings. The molecule has 0 bridgehead atoms. The summed E-state index contributed by atoms with van der Waals surface area (Å²) in [7, 11) is -2.05. The third-order valence-electron chi connectivity index (χ3n) is 2.90. The standard InChI is InChI=1S/C14H14N2O3S2/c1-10(11-3-5-12(19-2)6-4-11)16-21(17,18)14-8-7-13(9-15)20-14/h3-8,10,16H,1-2H3. The highest BCUT2D eigenvalue weighted by atomic mass is 32.2. The average Bonchev–Trinajstić information content (AvgIpc) is 2.96. The minimum atomic E-state index is -3.63. The SMILES string of the molecule is COc1ccc(C(C)NS(=O)(=O)c2ccc(C#N)s2)cc1. The Labute approximate surface area is 127 Å². The van der Waals surface area contributed by atoms with Gasteiger partial charge in [0.05, 0.1) is 7.11 Å². The quantitative estimate of drug-likeness (QED) is 0.918. The van der Waals surface area contributed by atoms with E-state index in [4.69, 9.17) is 10.00 Å². The van der Waals surface area contributed by atoms with Gasteiger partial charge in [0.25, 0.3) is 10.0 Å². The maximum absolute atomic E-state index is 12.2. The Morgan fingerprint density at radius 2 is 1.90 bits per heavy atom. The fourth-order valence-electron chi connectivity index (χ4n) is 1.78. The van der Waals surface area contributed by atoms with Gasteiger partial charge in [0.15, 0.2) is 0 Å². The zero-order valence-corrected chi connectivity index (χ0v) is 13.2. The van der Waals surface area contributed by atoms with Gasteiger partial charge in [-0.05, 0) is 36.8 Å². The largest absolute Gasteiger partial charge is 0.497 e. The number of methoxy groups -OCH3 is 1. The first-order valence-electron chi connectivity index (χ1n) is 6.12. The molecule has 1 aromatic carbocycles. The molecule has 1 atom stereocenters. The van der Waals surface area contributed by atoms with Crippen LogP contribution in [0.25, 0.3) is 0 Å². The fourth-order valence-corrected chi connectivity index (χ4v) is 4.13. The highest BCUT2D eigenvalue weighted by Gasteiger charge is 2.20. The van der Waals surface area contributed by atoms with Gasteiger partial charge in [-0.2, -0.15) is 5.26 Å². The maximum atomic E-state index is 12.2. The molecule has 5 nitrogen and oxygen atoms in total. The van der Waals surface area contributed by atoms with Gasteiger partial charge in [0.1, 0.15) is 20.9 Å². The van der Waals surface area contributed by atoms with Crippen LogP contribution in [0.1, 0.15) is 23.4 Å². The smallest absolute Gasteiger partial charge is 0.250 e. The Morgan fingerprint density at radius 3 is 2.43 bits per heavy atom. The van der Waals surface area contributed by atoms with Gasteiger partial charge in [-0.1, -0.05) is 12.1 Å². The van der Waals surface area contributed by atoms with E-state index < -0.39 is 10.0 Å². The lowest BCUT2D eigenvalue weighted by Gasteiger charge is -2.14. The summed E-state index contributed by atoms with van der Waals surface area (Å²) < 4.78 is 32.3. The van der Waals surface area contributed by atoms with Crippen LogP contribution in [0.5, 0.6) is 5.75 Å². The Morgan fingerprint density at radius 1 is 1.24 bits per heavy atom. The number of rotatable bonds is 5. The lowest BCUT2D eigenvalue weighted by molar-refractivity contribution is 0.414. The van der Waals surface area contributed by atoms with E-state index in [0.29, 0.717) is 10.6 Å². The minimum absolute atomic E-state index is 0.138. The summed E-state index contributed by atoms with van der Waals surface area (Å²) in [5.74, 6) is 0.714. The molecule has 0 fully saturated rings. The van der Waals surface area contributed by atoms with Gasteiger partial charge in [-0.15, -0.1) is 11.3 Å². The van der Waals surface area contributed by atoms with Crippen molar-refractivity contribution in [3.8, 4) is 11.8 Å². The van der Waals surface area contributed by atoms with Crippen molar-refractivity contribution in [2.24, 2.45) is 0 Å². The van der Waals surface area contributed by atoms with Gasteiger partial charge < -0.3 is 4.74 Å². The van der Waals surface area contributed by atoms with Crippen molar-refractivity contribution in [2.75, 3.05) is 7.11 Å². The average molecular weight is 322 g/mol. The maximum Gasteiger partial charge on any atom is 0.250 e. The van der Waals surface area contributed by atoms with Crippen molar-refractivity contribution in [3.63, 3.8) is 0 Å². The predicted octanol–water partition coefficient (Wildman–Crippen LogP) is 2.67. The first kappa shape index (κ1) is 15.5. The van der Waals surface area contributed by atoms with Crippen LogP contribution in [0.15, 0.2) is 40.6 Å². The molecule has 0 aliphatic heterocycles. The van der Waals surface area contributed by atoms with Crippen LogP contribution in [0.4, 0.5) is 0 Å². The van der Waals surface area contributed by atoms with Crippen molar-refractivity contribution in [1.82, 2.24) is 4.72 Å². The zero-order valence-electron chi connectivity index (χ0n) is 11.5. The number of hydrogen-bond donors (Lipinski definition) is 1. The highest BCUT2D eigenvalue weighted by Crippen LogP contribution is 2.24. The molecular weight excluding hydrogens is 308 g/mol. The third kappa shape index (κ3) is 3.61. The molecule has 1 heterocycles. The molecule has 21 heavy (non-hydrogen) atoms. The van der Waals surface area contributed by atoms with E-state index in [9.17, 15) is 8.42 Å². The monoisotopic (exact) mass is 322 g/mol.